The Labute approximate surface area is 317 Å². The van der Waals surface area contributed by atoms with Gasteiger partial charge in [0.25, 0.3) is 0 Å². The second-order valence-electron chi connectivity index (χ2n) is 16.5. The molecule has 1 saturated carbocycles. The molecule has 3 aromatic rings. The van der Waals surface area contributed by atoms with E-state index in [0.717, 1.165) is 50.1 Å². The number of fused-ring (bicyclic) bond motifs is 3. The fourth-order valence-electron chi connectivity index (χ4n) is 9.31. The summed E-state index contributed by atoms with van der Waals surface area (Å²) in [5, 5.41) is 45.1. The lowest BCUT2D eigenvalue weighted by molar-refractivity contribution is -0.946. The highest BCUT2D eigenvalue weighted by Gasteiger charge is 2.48. The van der Waals surface area contributed by atoms with E-state index in [1.807, 2.05) is 30.3 Å². The van der Waals surface area contributed by atoms with Gasteiger partial charge in [-0.15, -0.1) is 0 Å². The van der Waals surface area contributed by atoms with Crippen molar-refractivity contribution in [2.45, 2.75) is 114 Å². The zero-order valence-electron chi connectivity index (χ0n) is 32.0. The van der Waals surface area contributed by atoms with Crippen molar-refractivity contribution in [3.05, 3.63) is 95.1 Å². The minimum Gasteiger partial charge on any atom is -0.508 e. The van der Waals surface area contributed by atoms with Crippen molar-refractivity contribution in [1.82, 2.24) is 5.32 Å². The Morgan fingerprint density at radius 2 is 1.60 bits per heavy atom. The van der Waals surface area contributed by atoms with Gasteiger partial charge in [-0.1, -0.05) is 74.2 Å². The molecule has 3 aliphatic heterocycles. The maximum absolute atomic E-state index is 12.0. The van der Waals surface area contributed by atoms with Crippen LogP contribution in [0.2, 0.25) is 0 Å². The maximum Gasteiger partial charge on any atom is 0.121 e. The van der Waals surface area contributed by atoms with Crippen LogP contribution >= 0.6 is 0 Å². The summed E-state index contributed by atoms with van der Waals surface area (Å²) < 4.78 is 14.0. The van der Waals surface area contributed by atoms with Crippen LogP contribution in [0.3, 0.4) is 0 Å². The van der Waals surface area contributed by atoms with Crippen LogP contribution in [0, 0.1) is 11.8 Å². The van der Waals surface area contributed by atoms with Gasteiger partial charge in [0.1, 0.15) is 29.7 Å². The number of benzene rings is 3. The summed E-state index contributed by atoms with van der Waals surface area (Å²) in [4.78, 5) is 0. The molecule has 8 heteroatoms. The summed E-state index contributed by atoms with van der Waals surface area (Å²) in [7, 11) is 0. The first-order chi connectivity index (χ1) is 25.8. The van der Waals surface area contributed by atoms with Crippen molar-refractivity contribution in [3.63, 3.8) is 0 Å². The van der Waals surface area contributed by atoms with Gasteiger partial charge in [0.2, 0.25) is 0 Å². The molecule has 3 heterocycles. The van der Waals surface area contributed by atoms with E-state index < -0.39 is 11.7 Å². The summed E-state index contributed by atoms with van der Waals surface area (Å²) in [6.07, 6.45) is 13.5. The van der Waals surface area contributed by atoms with Crippen LogP contribution in [0.15, 0.2) is 72.8 Å². The molecular formula is C45H65N2O6+. The number of quaternary nitrogens is 1. The Hall–Kier alpha value is -2.98. The lowest BCUT2D eigenvalue weighted by Crippen LogP contribution is -2.64. The highest BCUT2D eigenvalue weighted by Crippen LogP contribution is 2.43. The molecule has 0 spiro atoms. The molecule has 8 nitrogen and oxygen atoms in total. The molecule has 53 heavy (non-hydrogen) atoms. The van der Waals surface area contributed by atoms with Gasteiger partial charge in [-0.2, -0.15) is 0 Å². The first kappa shape index (κ1) is 39.7. The van der Waals surface area contributed by atoms with E-state index in [0.29, 0.717) is 36.1 Å². The minimum absolute atomic E-state index is 0.0362. The molecule has 0 radical (unpaired) electrons. The third-order valence-corrected chi connectivity index (χ3v) is 12.7. The van der Waals surface area contributed by atoms with E-state index in [2.05, 4.69) is 36.5 Å². The number of aliphatic hydroxyl groups excluding tert-OH is 2. The van der Waals surface area contributed by atoms with Crippen molar-refractivity contribution < 1.29 is 34.4 Å². The van der Waals surface area contributed by atoms with E-state index in [-0.39, 0.29) is 24.5 Å². The lowest BCUT2D eigenvalue weighted by Gasteiger charge is -2.53. The van der Waals surface area contributed by atoms with Crippen molar-refractivity contribution in [2.75, 3.05) is 45.9 Å². The lowest BCUT2D eigenvalue weighted by atomic mass is 9.80. The van der Waals surface area contributed by atoms with Crippen molar-refractivity contribution in [1.29, 1.82) is 0 Å². The largest absolute Gasteiger partial charge is 0.508 e. The normalized spacial score (nSPS) is 23.8. The van der Waals surface area contributed by atoms with E-state index in [1.165, 1.54) is 87.1 Å². The number of unbranched alkanes of at least 4 members (excludes halogenated alkanes) is 4. The molecule has 4 atom stereocenters. The van der Waals surface area contributed by atoms with Gasteiger partial charge in [-0.05, 0) is 92.3 Å². The smallest absolute Gasteiger partial charge is 0.121 e. The molecule has 5 N–H and O–H groups in total. The third kappa shape index (κ3) is 10.6. The molecule has 290 valence electrons. The number of nitrogens with one attached hydrogen (secondary N) is 1. The predicted octanol–water partition coefficient (Wildman–Crippen LogP) is 7.17. The van der Waals surface area contributed by atoms with Crippen LogP contribution in [-0.4, -0.2) is 83.0 Å². The standard InChI is InChI=1S/C45H64N2O6/c1-34(46-30-43(50)37-18-21-42(49)38(29-37)32-48)28-35-16-19-41(20-17-35)52-27-11-4-2-3-10-24-47-25-22-36(23-26-47)44(31-47)53-33-45(51,40-14-8-9-15-40)39-12-6-5-7-13-39/h5-7,12-13,16-21,29,34,36,40,43-44,46,48,50-51H,2-4,8-11,14-15,22-28,30-33H2,1H3/p+1/t34?,36?,43-,44-,45?,47?/m0/s1. The SMILES string of the molecule is CC(Cc1ccc(OCCCCCCC[N+]23CCC(CC2)[C@@H](OCC(O)(c2ccccc2)C2CCCC2)C3)cc1)NC[C@H](O)c1ccc(O)c(CO)c1. The van der Waals surface area contributed by atoms with E-state index in [4.69, 9.17) is 9.47 Å². The summed E-state index contributed by atoms with van der Waals surface area (Å²) >= 11 is 0. The molecule has 0 aromatic heterocycles. The molecule has 4 fully saturated rings. The molecular weight excluding hydrogens is 665 g/mol. The van der Waals surface area contributed by atoms with Gasteiger partial charge in [0.05, 0.1) is 45.6 Å². The molecule has 2 bridgehead atoms. The van der Waals surface area contributed by atoms with Gasteiger partial charge in [0.15, 0.2) is 0 Å². The van der Waals surface area contributed by atoms with Crippen LogP contribution in [-0.2, 0) is 23.4 Å². The van der Waals surface area contributed by atoms with E-state index in [9.17, 15) is 20.4 Å². The Bertz CT molecular complexity index is 1520. The highest BCUT2D eigenvalue weighted by atomic mass is 16.5. The molecule has 4 aliphatic rings. The molecule has 3 saturated heterocycles. The number of ether oxygens (including phenoxy) is 2. The number of hydrogen-bond acceptors (Lipinski definition) is 7. The highest BCUT2D eigenvalue weighted by molar-refractivity contribution is 5.36. The Balaban J connectivity index is 0.842. The Morgan fingerprint density at radius 1 is 0.887 bits per heavy atom. The number of hydrogen-bond donors (Lipinski definition) is 5. The quantitative estimate of drug-likeness (QED) is 0.0584. The number of phenols is 1. The third-order valence-electron chi connectivity index (χ3n) is 12.7. The summed E-state index contributed by atoms with van der Waals surface area (Å²) in [5.74, 6) is 1.87. The molecule has 0 amide bonds. The average Bonchev–Trinajstić information content (AvgIpc) is 3.75. The molecule has 2 unspecified atom stereocenters. The van der Waals surface area contributed by atoms with Gasteiger partial charge >= 0.3 is 0 Å². The topological polar surface area (TPSA) is 111 Å². The second kappa shape index (κ2) is 19.1. The average molecular weight is 730 g/mol. The van der Waals surface area contributed by atoms with E-state index >= 15 is 0 Å². The zero-order valence-corrected chi connectivity index (χ0v) is 32.0. The van der Waals surface area contributed by atoms with Crippen LogP contribution < -0.4 is 10.1 Å². The van der Waals surface area contributed by atoms with Gasteiger partial charge in [-0.25, -0.2) is 0 Å². The number of piperidine rings is 3. The zero-order chi connectivity index (χ0) is 37.1. The van der Waals surface area contributed by atoms with Gasteiger partial charge in [-0.3, -0.25) is 0 Å². The Kier molecular flexibility index (Phi) is 14.3. The van der Waals surface area contributed by atoms with Gasteiger partial charge in [0, 0.05) is 36.9 Å². The van der Waals surface area contributed by atoms with Gasteiger partial charge < -0.3 is 39.7 Å². The van der Waals surface area contributed by atoms with E-state index in [1.54, 1.807) is 12.1 Å². The maximum atomic E-state index is 12.0. The first-order valence-corrected chi connectivity index (χ1v) is 20.6. The van der Waals surface area contributed by atoms with Crippen molar-refractivity contribution in [3.8, 4) is 11.5 Å². The number of aliphatic hydroxyl groups is 3. The number of nitrogens with zero attached hydrogens (tertiary/aromatic N) is 1. The fourth-order valence-corrected chi connectivity index (χ4v) is 9.31. The monoisotopic (exact) mass is 729 g/mol. The predicted molar refractivity (Wildman–Crippen MR) is 210 cm³/mol. The minimum atomic E-state index is -0.880. The fraction of sp³-hybridized carbons (Fsp3) is 0.600. The van der Waals surface area contributed by atoms with Crippen molar-refractivity contribution >= 4 is 0 Å². The second-order valence-corrected chi connectivity index (χ2v) is 16.5. The van der Waals surface area contributed by atoms with Crippen LogP contribution in [0.5, 0.6) is 11.5 Å². The molecule has 1 aliphatic carbocycles. The summed E-state index contributed by atoms with van der Waals surface area (Å²) in [6.45, 7) is 8.32. The summed E-state index contributed by atoms with van der Waals surface area (Å²) in [5.41, 5.74) is 2.44. The first-order valence-electron chi connectivity index (χ1n) is 20.6. The number of aromatic hydroxyl groups is 1. The number of rotatable bonds is 21. The van der Waals surface area contributed by atoms with Crippen LogP contribution in [0.1, 0.15) is 106 Å². The van der Waals surface area contributed by atoms with Crippen LogP contribution in [0.25, 0.3) is 0 Å². The molecule has 7 rings (SSSR count). The Morgan fingerprint density at radius 3 is 2.34 bits per heavy atom. The summed E-state index contributed by atoms with van der Waals surface area (Å²) in [6, 6.07) is 23.6. The van der Waals surface area contributed by atoms with Crippen molar-refractivity contribution in [2.24, 2.45) is 11.8 Å². The molecule has 3 aromatic carbocycles. The van der Waals surface area contributed by atoms with Crippen LogP contribution in [0.4, 0.5) is 0 Å².